The van der Waals surface area contributed by atoms with Crippen molar-refractivity contribution in [2.45, 2.75) is 13.3 Å². The van der Waals surface area contributed by atoms with Crippen LogP contribution in [0.5, 0.6) is 0 Å². The van der Waals surface area contributed by atoms with Crippen molar-refractivity contribution < 1.29 is 8.78 Å². The van der Waals surface area contributed by atoms with Gasteiger partial charge >= 0.3 is 0 Å². The molecule has 0 amide bonds. The Kier molecular flexibility index (Phi) is 4.32. The topological polar surface area (TPSA) is 49.8 Å². The maximum absolute atomic E-state index is 12.8. The Morgan fingerprint density at radius 1 is 1.17 bits per heavy atom. The number of nitrogens with one attached hydrogen (secondary N) is 2. The summed E-state index contributed by atoms with van der Waals surface area (Å²) in [6, 6.07) is 6.42. The fourth-order valence-corrected chi connectivity index (χ4v) is 2.21. The zero-order chi connectivity index (χ0) is 16.2. The molecular formula is C17H15F2N4. The molecule has 0 fully saturated rings. The van der Waals surface area contributed by atoms with Crippen LogP contribution < -0.4 is 10.6 Å². The molecule has 3 rings (SSSR count). The van der Waals surface area contributed by atoms with Gasteiger partial charge in [0.25, 0.3) is 6.43 Å². The Bertz CT molecular complexity index is 769. The molecule has 2 N–H and O–H groups in total. The summed E-state index contributed by atoms with van der Waals surface area (Å²) < 4.78 is 25.5. The summed E-state index contributed by atoms with van der Waals surface area (Å²) in [7, 11) is 0. The molecule has 2 aromatic heterocycles. The summed E-state index contributed by atoms with van der Waals surface area (Å²) >= 11 is 0. The number of nitrogens with zero attached hydrogens (tertiary/aromatic N) is 2. The van der Waals surface area contributed by atoms with Gasteiger partial charge in [0.15, 0.2) is 0 Å². The lowest BCUT2D eigenvalue weighted by atomic mass is 10.1. The molecule has 0 unspecified atom stereocenters. The van der Waals surface area contributed by atoms with E-state index in [1.165, 1.54) is 18.3 Å². The summed E-state index contributed by atoms with van der Waals surface area (Å²) in [5.41, 5.74) is 2.65. The number of hydrogen-bond donors (Lipinski definition) is 2. The van der Waals surface area contributed by atoms with Crippen molar-refractivity contribution in [2.75, 3.05) is 5.32 Å². The van der Waals surface area contributed by atoms with Crippen molar-refractivity contribution in [1.82, 2.24) is 15.3 Å². The summed E-state index contributed by atoms with van der Waals surface area (Å²) in [6.07, 6.45) is 4.51. The second-order valence-electron chi connectivity index (χ2n) is 5.11. The molecule has 0 saturated carbocycles. The van der Waals surface area contributed by atoms with Gasteiger partial charge in [-0.2, -0.15) is 0 Å². The molecule has 3 heterocycles. The molecule has 1 radical (unpaired) electrons. The highest BCUT2D eigenvalue weighted by Gasteiger charge is 2.10. The number of aryl methyl sites for hydroxylation is 1. The maximum Gasteiger partial charge on any atom is 0.264 e. The zero-order valence-corrected chi connectivity index (χ0v) is 12.4. The largest absolute Gasteiger partial charge is 0.382 e. The Morgan fingerprint density at radius 3 is 2.78 bits per heavy atom. The standard InChI is InChI=1S/C17H15F2N4/c1-11-7-14(13-3-2-5-20-10-13)22-16(8-11)23-15-9-12(17(18)19)4-6-21-15/h2-10,17,20H,1H3,(H,21,22,23). The SMILES string of the molecule is Cc1cc(Nc2cc(C(F)F)ccn2)nc(C2=CN[CH]C=C2)c1. The molecule has 2 aromatic rings. The van der Waals surface area contributed by atoms with Crippen LogP contribution in [0.15, 0.2) is 48.8 Å². The van der Waals surface area contributed by atoms with Gasteiger partial charge in [-0.1, -0.05) is 12.2 Å². The van der Waals surface area contributed by atoms with Crippen molar-refractivity contribution in [3.63, 3.8) is 0 Å². The molecule has 0 aliphatic carbocycles. The van der Waals surface area contributed by atoms with Crippen LogP contribution >= 0.6 is 0 Å². The molecule has 23 heavy (non-hydrogen) atoms. The lowest BCUT2D eigenvalue weighted by Crippen LogP contribution is -2.05. The van der Waals surface area contributed by atoms with Gasteiger partial charge in [0.1, 0.15) is 11.6 Å². The van der Waals surface area contributed by atoms with E-state index < -0.39 is 6.43 Å². The average Bonchev–Trinajstić information content (AvgIpc) is 2.55. The number of halogens is 2. The van der Waals surface area contributed by atoms with E-state index in [9.17, 15) is 8.78 Å². The second-order valence-corrected chi connectivity index (χ2v) is 5.11. The van der Waals surface area contributed by atoms with Crippen molar-refractivity contribution in [3.8, 4) is 0 Å². The predicted molar refractivity (Wildman–Crippen MR) is 86.0 cm³/mol. The van der Waals surface area contributed by atoms with Crippen LogP contribution in [0.2, 0.25) is 0 Å². The predicted octanol–water partition coefficient (Wildman–Crippen LogP) is 4.13. The van der Waals surface area contributed by atoms with Crippen molar-refractivity contribution in [3.05, 3.63) is 72.2 Å². The maximum atomic E-state index is 12.8. The van der Waals surface area contributed by atoms with Gasteiger partial charge in [-0.15, -0.1) is 0 Å². The first-order valence-corrected chi connectivity index (χ1v) is 7.08. The van der Waals surface area contributed by atoms with Gasteiger partial charge in [-0.25, -0.2) is 18.7 Å². The summed E-state index contributed by atoms with van der Waals surface area (Å²) in [5, 5.41) is 6.00. The minimum Gasteiger partial charge on any atom is -0.382 e. The molecule has 6 heteroatoms. The molecule has 0 bridgehead atoms. The van der Waals surface area contributed by atoms with Crippen LogP contribution in [0.1, 0.15) is 23.2 Å². The first kappa shape index (κ1) is 15.1. The van der Waals surface area contributed by atoms with Crippen molar-refractivity contribution >= 4 is 17.2 Å². The number of alkyl halides is 2. The van der Waals surface area contributed by atoms with E-state index in [1.54, 1.807) is 0 Å². The molecule has 0 saturated heterocycles. The minimum absolute atomic E-state index is 0.0759. The monoisotopic (exact) mass is 313 g/mol. The molecule has 117 valence electrons. The third-order valence-electron chi connectivity index (χ3n) is 3.26. The number of anilines is 2. The van der Waals surface area contributed by atoms with E-state index in [-0.39, 0.29) is 5.56 Å². The first-order valence-electron chi connectivity index (χ1n) is 7.08. The smallest absolute Gasteiger partial charge is 0.264 e. The van der Waals surface area contributed by atoms with E-state index in [0.29, 0.717) is 11.6 Å². The molecule has 1 aliphatic rings. The van der Waals surface area contributed by atoms with E-state index in [4.69, 9.17) is 0 Å². The molecular weight excluding hydrogens is 298 g/mol. The van der Waals surface area contributed by atoms with Crippen LogP contribution in [-0.4, -0.2) is 9.97 Å². The van der Waals surface area contributed by atoms with E-state index in [2.05, 4.69) is 20.6 Å². The third-order valence-corrected chi connectivity index (χ3v) is 3.26. The quantitative estimate of drug-likeness (QED) is 0.891. The lowest BCUT2D eigenvalue weighted by molar-refractivity contribution is 0.151. The van der Waals surface area contributed by atoms with Crippen LogP contribution in [0.4, 0.5) is 20.4 Å². The fourth-order valence-electron chi connectivity index (χ4n) is 2.21. The van der Waals surface area contributed by atoms with Crippen LogP contribution in [-0.2, 0) is 0 Å². The van der Waals surface area contributed by atoms with Crippen molar-refractivity contribution in [2.24, 2.45) is 0 Å². The summed E-state index contributed by atoms with van der Waals surface area (Å²) in [4.78, 5) is 8.57. The summed E-state index contributed by atoms with van der Waals surface area (Å²) in [6.45, 7) is 3.77. The number of aromatic nitrogens is 2. The zero-order valence-electron chi connectivity index (χ0n) is 12.4. The molecule has 0 atom stereocenters. The Hall–Kier alpha value is -2.76. The Balaban J connectivity index is 1.88. The lowest BCUT2D eigenvalue weighted by Gasteiger charge is -2.12. The number of rotatable bonds is 4. The van der Waals surface area contributed by atoms with Gasteiger partial charge in [-0.05, 0) is 36.8 Å². The summed E-state index contributed by atoms with van der Waals surface area (Å²) in [5.74, 6) is 0.897. The third kappa shape index (κ3) is 3.71. The molecule has 1 aliphatic heterocycles. The van der Waals surface area contributed by atoms with Gasteiger partial charge in [0, 0.05) is 23.5 Å². The number of pyridine rings is 2. The highest BCUT2D eigenvalue weighted by molar-refractivity contribution is 5.74. The first-order chi connectivity index (χ1) is 11.1. The Labute approximate surface area is 133 Å². The minimum atomic E-state index is -2.53. The Morgan fingerprint density at radius 2 is 2.04 bits per heavy atom. The number of dihydropyridines is 1. The molecule has 4 nitrogen and oxygen atoms in total. The van der Waals surface area contributed by atoms with E-state index >= 15 is 0 Å². The van der Waals surface area contributed by atoms with Crippen LogP contribution in [0, 0.1) is 13.5 Å². The van der Waals surface area contributed by atoms with Gasteiger partial charge in [0.05, 0.1) is 12.2 Å². The van der Waals surface area contributed by atoms with Crippen LogP contribution in [0.3, 0.4) is 0 Å². The highest BCUT2D eigenvalue weighted by Crippen LogP contribution is 2.24. The van der Waals surface area contributed by atoms with Gasteiger partial charge < -0.3 is 10.6 Å². The average molecular weight is 313 g/mol. The molecule has 0 aromatic carbocycles. The van der Waals surface area contributed by atoms with E-state index in [0.717, 1.165) is 16.8 Å². The highest BCUT2D eigenvalue weighted by atomic mass is 19.3. The number of hydrogen-bond acceptors (Lipinski definition) is 4. The van der Waals surface area contributed by atoms with Gasteiger partial charge in [0.2, 0.25) is 0 Å². The normalized spacial score (nSPS) is 13.7. The van der Waals surface area contributed by atoms with Crippen LogP contribution in [0.25, 0.3) is 5.57 Å². The van der Waals surface area contributed by atoms with Gasteiger partial charge in [-0.3, -0.25) is 0 Å². The number of allylic oxidation sites excluding steroid dienone is 2. The van der Waals surface area contributed by atoms with Crippen molar-refractivity contribution in [1.29, 1.82) is 0 Å². The second kappa shape index (κ2) is 6.56. The van der Waals surface area contributed by atoms with E-state index in [1.807, 2.05) is 44.0 Å². The fraction of sp³-hybridized carbons (Fsp3) is 0.118. The molecule has 0 spiro atoms.